The second-order valence-corrected chi connectivity index (χ2v) is 3.20. The van der Waals surface area contributed by atoms with Crippen LogP contribution in [0.15, 0.2) is 4.99 Å². The van der Waals surface area contributed by atoms with E-state index in [2.05, 4.69) is 15.6 Å². The van der Waals surface area contributed by atoms with Gasteiger partial charge in [-0.3, -0.25) is 4.99 Å². The number of rotatable bonds is 7. The molecule has 0 spiro atoms. The van der Waals surface area contributed by atoms with Crippen LogP contribution < -0.4 is 10.6 Å². The van der Waals surface area contributed by atoms with E-state index in [0.717, 1.165) is 19.1 Å². The maximum atomic E-state index is 5.21. The molecule has 2 N–H and O–H groups in total. The van der Waals surface area contributed by atoms with Crippen LogP contribution >= 0.6 is 0 Å². The summed E-state index contributed by atoms with van der Waals surface area (Å²) in [6, 6.07) is 0.244. The number of nitrogens with one attached hydrogen (secondary N) is 2. The molecule has 0 saturated heterocycles. The molecule has 0 aliphatic rings. The van der Waals surface area contributed by atoms with Crippen molar-refractivity contribution in [3.05, 3.63) is 0 Å². The van der Waals surface area contributed by atoms with Crippen LogP contribution in [0.5, 0.6) is 0 Å². The Labute approximate surface area is 92.2 Å². The first-order valence-corrected chi connectivity index (χ1v) is 5.28. The van der Waals surface area contributed by atoms with Gasteiger partial charge in [-0.2, -0.15) is 0 Å². The third kappa shape index (κ3) is 8.20. The van der Waals surface area contributed by atoms with Gasteiger partial charge in [0.1, 0.15) is 0 Å². The van der Waals surface area contributed by atoms with Crippen molar-refractivity contribution in [1.82, 2.24) is 10.6 Å². The average molecular weight is 217 g/mol. The lowest BCUT2D eigenvalue weighted by atomic mass is 10.4. The molecule has 0 radical (unpaired) electrons. The molecule has 0 rings (SSSR count). The average Bonchev–Trinajstić information content (AvgIpc) is 2.23. The van der Waals surface area contributed by atoms with Crippen LogP contribution in [0.3, 0.4) is 0 Å². The summed E-state index contributed by atoms with van der Waals surface area (Å²) in [5, 5.41) is 6.35. The van der Waals surface area contributed by atoms with E-state index < -0.39 is 0 Å². The van der Waals surface area contributed by atoms with Crippen molar-refractivity contribution >= 4 is 5.96 Å². The number of aliphatic imine (C=N–C) groups is 1. The molecule has 5 heteroatoms. The molecule has 0 aromatic carbocycles. The van der Waals surface area contributed by atoms with Crippen molar-refractivity contribution in [2.24, 2.45) is 4.99 Å². The topological polar surface area (TPSA) is 54.9 Å². The van der Waals surface area contributed by atoms with Gasteiger partial charge >= 0.3 is 0 Å². The van der Waals surface area contributed by atoms with Crippen LogP contribution in [0.1, 0.15) is 13.8 Å². The van der Waals surface area contributed by atoms with Gasteiger partial charge in [-0.25, -0.2) is 0 Å². The van der Waals surface area contributed by atoms with E-state index in [1.54, 1.807) is 14.2 Å². The van der Waals surface area contributed by atoms with E-state index in [9.17, 15) is 0 Å². The van der Waals surface area contributed by atoms with Crippen LogP contribution in [-0.4, -0.2) is 52.5 Å². The van der Waals surface area contributed by atoms with Gasteiger partial charge in [-0.15, -0.1) is 0 Å². The molecule has 0 bridgehead atoms. The smallest absolute Gasteiger partial charge is 0.191 e. The molecule has 0 saturated carbocycles. The monoisotopic (exact) mass is 217 g/mol. The molecule has 5 nitrogen and oxygen atoms in total. The van der Waals surface area contributed by atoms with Gasteiger partial charge in [0.15, 0.2) is 5.96 Å². The van der Waals surface area contributed by atoms with Gasteiger partial charge < -0.3 is 20.1 Å². The normalized spacial score (nSPS) is 13.7. The van der Waals surface area contributed by atoms with Gasteiger partial charge in [-0.1, -0.05) is 0 Å². The first-order chi connectivity index (χ1) is 7.24. The number of hydrogen-bond acceptors (Lipinski definition) is 3. The Balaban J connectivity index is 3.64. The van der Waals surface area contributed by atoms with E-state index in [4.69, 9.17) is 9.47 Å². The summed E-state index contributed by atoms with van der Waals surface area (Å²) in [6.07, 6.45) is 0. The number of methoxy groups -OCH3 is 1. The van der Waals surface area contributed by atoms with E-state index >= 15 is 0 Å². The second-order valence-electron chi connectivity index (χ2n) is 3.20. The predicted molar refractivity (Wildman–Crippen MR) is 62.3 cm³/mol. The van der Waals surface area contributed by atoms with E-state index in [-0.39, 0.29) is 6.04 Å². The highest BCUT2D eigenvalue weighted by atomic mass is 16.5. The van der Waals surface area contributed by atoms with Crippen LogP contribution in [-0.2, 0) is 9.47 Å². The molecule has 0 aliphatic carbocycles. The Morgan fingerprint density at radius 3 is 2.73 bits per heavy atom. The van der Waals surface area contributed by atoms with Gasteiger partial charge in [0.05, 0.1) is 13.2 Å². The Morgan fingerprint density at radius 2 is 2.20 bits per heavy atom. The molecular weight excluding hydrogens is 194 g/mol. The lowest BCUT2D eigenvalue weighted by Gasteiger charge is -2.16. The van der Waals surface area contributed by atoms with Crippen molar-refractivity contribution in [1.29, 1.82) is 0 Å². The number of hydrogen-bond donors (Lipinski definition) is 2. The molecule has 0 amide bonds. The van der Waals surface area contributed by atoms with Crippen molar-refractivity contribution in [2.45, 2.75) is 19.9 Å². The minimum absolute atomic E-state index is 0.244. The highest BCUT2D eigenvalue weighted by Gasteiger charge is 2.03. The second kappa shape index (κ2) is 9.73. The summed E-state index contributed by atoms with van der Waals surface area (Å²) < 4.78 is 10.2. The third-order valence-electron chi connectivity index (χ3n) is 1.77. The highest BCUT2D eigenvalue weighted by Crippen LogP contribution is 1.82. The molecule has 0 aromatic heterocycles. The fraction of sp³-hybridized carbons (Fsp3) is 0.900. The largest absolute Gasteiger partial charge is 0.383 e. The zero-order valence-electron chi connectivity index (χ0n) is 10.2. The molecule has 0 aromatic rings. The fourth-order valence-corrected chi connectivity index (χ4v) is 1.11. The van der Waals surface area contributed by atoms with Crippen LogP contribution in [0.4, 0.5) is 0 Å². The van der Waals surface area contributed by atoms with Gasteiger partial charge in [-0.05, 0) is 13.8 Å². The van der Waals surface area contributed by atoms with Gasteiger partial charge in [0.2, 0.25) is 0 Å². The number of guanidine groups is 1. The van der Waals surface area contributed by atoms with Crippen LogP contribution in [0.2, 0.25) is 0 Å². The SMILES string of the molecule is CCOCCNC(=NC)NC(C)COC. The summed E-state index contributed by atoms with van der Waals surface area (Å²) in [4.78, 5) is 4.09. The lowest BCUT2D eigenvalue weighted by molar-refractivity contribution is 0.152. The maximum absolute atomic E-state index is 5.21. The Hall–Kier alpha value is -0.810. The number of ether oxygens (including phenoxy) is 2. The molecular formula is C10H23N3O2. The summed E-state index contributed by atoms with van der Waals surface area (Å²) >= 11 is 0. The van der Waals surface area contributed by atoms with Gasteiger partial charge in [0, 0.05) is 33.4 Å². The summed E-state index contributed by atoms with van der Waals surface area (Å²) in [7, 11) is 3.43. The first kappa shape index (κ1) is 14.2. The maximum Gasteiger partial charge on any atom is 0.191 e. The first-order valence-electron chi connectivity index (χ1n) is 5.28. The Morgan fingerprint density at radius 1 is 1.47 bits per heavy atom. The third-order valence-corrected chi connectivity index (χ3v) is 1.77. The zero-order chi connectivity index (χ0) is 11.5. The van der Waals surface area contributed by atoms with Gasteiger partial charge in [0.25, 0.3) is 0 Å². The van der Waals surface area contributed by atoms with E-state index in [1.807, 2.05) is 13.8 Å². The quantitative estimate of drug-likeness (QED) is 0.364. The van der Waals surface area contributed by atoms with Crippen molar-refractivity contribution < 1.29 is 9.47 Å². The fourth-order valence-electron chi connectivity index (χ4n) is 1.11. The molecule has 90 valence electrons. The molecule has 0 fully saturated rings. The zero-order valence-corrected chi connectivity index (χ0v) is 10.2. The Bertz CT molecular complexity index is 174. The van der Waals surface area contributed by atoms with Crippen molar-refractivity contribution in [3.8, 4) is 0 Å². The summed E-state index contributed by atoms with van der Waals surface area (Å²) in [5.41, 5.74) is 0. The summed E-state index contributed by atoms with van der Waals surface area (Å²) in [5.74, 6) is 0.777. The molecule has 15 heavy (non-hydrogen) atoms. The minimum atomic E-state index is 0.244. The van der Waals surface area contributed by atoms with E-state index in [0.29, 0.717) is 13.2 Å². The van der Waals surface area contributed by atoms with Crippen LogP contribution in [0.25, 0.3) is 0 Å². The standard InChI is InChI=1S/C10H23N3O2/c1-5-15-7-6-12-10(11-3)13-9(2)8-14-4/h9H,5-8H2,1-4H3,(H2,11,12,13). The van der Waals surface area contributed by atoms with Crippen molar-refractivity contribution in [3.63, 3.8) is 0 Å². The lowest BCUT2D eigenvalue weighted by Crippen LogP contribution is -2.44. The molecule has 0 heterocycles. The molecule has 0 aliphatic heterocycles. The Kier molecular flexibility index (Phi) is 9.21. The van der Waals surface area contributed by atoms with E-state index in [1.165, 1.54) is 0 Å². The number of nitrogens with zero attached hydrogens (tertiary/aromatic N) is 1. The summed E-state index contributed by atoms with van der Waals surface area (Å²) in [6.45, 7) is 6.87. The van der Waals surface area contributed by atoms with Crippen LogP contribution in [0, 0.1) is 0 Å². The van der Waals surface area contributed by atoms with Crippen molar-refractivity contribution in [2.75, 3.05) is 40.5 Å². The highest BCUT2D eigenvalue weighted by molar-refractivity contribution is 5.79. The molecule has 1 atom stereocenters. The molecule has 1 unspecified atom stereocenters. The minimum Gasteiger partial charge on any atom is -0.383 e. The predicted octanol–water partition coefficient (Wildman–Crippen LogP) is 0.223.